The van der Waals surface area contributed by atoms with Gasteiger partial charge in [-0.25, -0.2) is 0 Å². The van der Waals surface area contributed by atoms with Crippen LogP contribution < -0.4 is 4.90 Å². The lowest BCUT2D eigenvalue weighted by Crippen LogP contribution is -2.16. The first kappa shape index (κ1) is 38.0. The average molecular weight is 832 g/mol. The van der Waals surface area contributed by atoms with Crippen molar-refractivity contribution < 1.29 is 8.83 Å². The highest BCUT2D eigenvalue weighted by molar-refractivity contribution is 6.16. The van der Waals surface area contributed by atoms with E-state index in [1.54, 1.807) is 0 Å². The SMILES string of the molecule is C=C/C(=C\C=C\c1cccc(-c2cccc3ccccc23)c1)N(c1ccc(-c2ccc3oc4ccccc4c3c2)cc1)c1ccccc1-c1ccc2oc3c4ccccc4ccc3c2c1. The highest BCUT2D eigenvalue weighted by Crippen LogP contribution is 2.42. The molecule has 306 valence electrons. The van der Waals surface area contributed by atoms with Gasteiger partial charge in [-0.1, -0.05) is 170 Å². The van der Waals surface area contributed by atoms with Crippen molar-refractivity contribution in [3.05, 3.63) is 248 Å². The lowest BCUT2D eigenvalue weighted by Gasteiger charge is -2.28. The van der Waals surface area contributed by atoms with Crippen LogP contribution in [0.2, 0.25) is 0 Å². The van der Waals surface area contributed by atoms with E-state index in [0.29, 0.717) is 0 Å². The number of anilines is 2. The highest BCUT2D eigenvalue weighted by Gasteiger charge is 2.19. The number of benzene rings is 10. The molecule has 0 radical (unpaired) electrons. The molecule has 0 aliphatic heterocycles. The maximum absolute atomic E-state index is 6.53. The molecule has 10 aromatic carbocycles. The lowest BCUT2D eigenvalue weighted by molar-refractivity contribution is 0.669. The van der Waals surface area contributed by atoms with E-state index in [1.165, 1.54) is 21.9 Å². The summed E-state index contributed by atoms with van der Waals surface area (Å²) in [4.78, 5) is 2.31. The first-order valence-corrected chi connectivity index (χ1v) is 22.0. The second-order valence-electron chi connectivity index (χ2n) is 16.5. The summed E-state index contributed by atoms with van der Waals surface area (Å²) in [6.07, 6.45) is 8.39. The third-order valence-corrected chi connectivity index (χ3v) is 12.7. The minimum atomic E-state index is 0.868. The van der Waals surface area contributed by atoms with Gasteiger partial charge in [-0.3, -0.25) is 0 Å². The van der Waals surface area contributed by atoms with E-state index < -0.39 is 0 Å². The Bertz CT molecular complexity index is 3860. The Labute approximate surface area is 376 Å². The smallest absolute Gasteiger partial charge is 0.143 e. The monoisotopic (exact) mass is 831 g/mol. The summed E-state index contributed by atoms with van der Waals surface area (Å²) in [5, 5.41) is 9.18. The standard InChI is InChI=1S/C62H41NO2/c1-2-48(20-12-15-41-14-11-19-46(38-41)51-25-13-18-43-16-3-5-21-50(43)51)63(49-33-28-42(29-34-49)45-31-36-60-56(39-45)54-24-8-10-27-59(54)64-60)58-26-9-7-22-52(58)47-32-37-61-57(40-47)55-35-30-44-17-4-6-23-53(44)62(55)65-61/h2-40H,1H2/b15-12+,48-20+. The Morgan fingerprint density at radius 3 is 1.89 bits per heavy atom. The van der Waals surface area contributed by atoms with Gasteiger partial charge in [-0.15, -0.1) is 0 Å². The normalized spacial score (nSPS) is 12.1. The van der Waals surface area contributed by atoms with Crippen molar-refractivity contribution in [2.75, 3.05) is 4.90 Å². The number of para-hydroxylation sites is 2. The molecule has 0 fully saturated rings. The van der Waals surface area contributed by atoms with Crippen molar-refractivity contribution >= 4 is 82.9 Å². The molecule has 12 aromatic rings. The molecule has 2 heterocycles. The van der Waals surface area contributed by atoms with Gasteiger partial charge in [0, 0.05) is 43.9 Å². The van der Waals surface area contributed by atoms with E-state index in [-0.39, 0.29) is 0 Å². The summed E-state index contributed by atoms with van der Waals surface area (Å²) >= 11 is 0. The molecule has 0 unspecified atom stereocenters. The van der Waals surface area contributed by atoms with E-state index in [1.807, 2.05) is 18.2 Å². The molecule has 0 saturated heterocycles. The van der Waals surface area contributed by atoms with Crippen LogP contribution in [0, 0.1) is 0 Å². The lowest BCUT2D eigenvalue weighted by atomic mass is 9.97. The fraction of sp³-hybridized carbons (Fsp3) is 0. The van der Waals surface area contributed by atoms with E-state index in [0.717, 1.165) is 99.5 Å². The number of hydrogen-bond acceptors (Lipinski definition) is 3. The maximum Gasteiger partial charge on any atom is 0.143 e. The second-order valence-corrected chi connectivity index (χ2v) is 16.5. The molecular formula is C62H41NO2. The van der Waals surface area contributed by atoms with Crippen LogP contribution in [0.3, 0.4) is 0 Å². The molecule has 0 atom stereocenters. The van der Waals surface area contributed by atoms with Gasteiger partial charge in [-0.2, -0.15) is 0 Å². The molecule has 0 N–H and O–H groups in total. The van der Waals surface area contributed by atoms with E-state index in [4.69, 9.17) is 8.83 Å². The molecule has 0 saturated carbocycles. The van der Waals surface area contributed by atoms with Crippen molar-refractivity contribution in [3.63, 3.8) is 0 Å². The zero-order chi connectivity index (χ0) is 43.3. The van der Waals surface area contributed by atoms with Crippen molar-refractivity contribution in [2.45, 2.75) is 0 Å². The molecule has 65 heavy (non-hydrogen) atoms. The fourth-order valence-corrected chi connectivity index (χ4v) is 9.50. The highest BCUT2D eigenvalue weighted by atomic mass is 16.3. The number of hydrogen-bond donors (Lipinski definition) is 0. The second kappa shape index (κ2) is 15.9. The zero-order valence-corrected chi connectivity index (χ0v) is 35.5. The first-order valence-electron chi connectivity index (χ1n) is 22.0. The Hall–Kier alpha value is -8.66. The van der Waals surface area contributed by atoms with Crippen molar-refractivity contribution in [1.29, 1.82) is 0 Å². The summed E-state index contributed by atoms with van der Waals surface area (Å²) in [5.41, 5.74) is 14.5. The molecule has 0 spiro atoms. The molecule has 0 aliphatic rings. The topological polar surface area (TPSA) is 29.5 Å². The Morgan fingerprint density at radius 1 is 0.415 bits per heavy atom. The van der Waals surface area contributed by atoms with Crippen molar-refractivity contribution in [3.8, 4) is 33.4 Å². The first-order chi connectivity index (χ1) is 32.2. The van der Waals surface area contributed by atoms with Gasteiger partial charge in [-0.05, 0) is 122 Å². The summed E-state index contributed by atoms with van der Waals surface area (Å²) in [7, 11) is 0. The summed E-state index contributed by atoms with van der Waals surface area (Å²) in [6.45, 7) is 4.39. The number of allylic oxidation sites excluding steroid dienone is 3. The quantitative estimate of drug-likeness (QED) is 0.136. The maximum atomic E-state index is 6.53. The Kier molecular flexibility index (Phi) is 9.31. The number of fused-ring (bicyclic) bond motifs is 9. The molecule has 0 bridgehead atoms. The minimum absolute atomic E-state index is 0.868. The third kappa shape index (κ3) is 6.78. The molecule has 3 nitrogen and oxygen atoms in total. The molecule has 0 amide bonds. The minimum Gasteiger partial charge on any atom is -0.456 e. The molecule has 3 heteroatoms. The molecular weight excluding hydrogens is 791 g/mol. The summed E-state index contributed by atoms with van der Waals surface area (Å²) in [5.74, 6) is 0. The van der Waals surface area contributed by atoms with E-state index in [2.05, 4.69) is 230 Å². The van der Waals surface area contributed by atoms with E-state index >= 15 is 0 Å². The van der Waals surface area contributed by atoms with Crippen molar-refractivity contribution in [2.24, 2.45) is 0 Å². The predicted molar refractivity (Wildman–Crippen MR) is 275 cm³/mol. The summed E-state index contributed by atoms with van der Waals surface area (Å²) < 4.78 is 12.7. The van der Waals surface area contributed by atoms with Crippen LogP contribution in [-0.4, -0.2) is 0 Å². The Balaban J connectivity index is 0.961. The van der Waals surface area contributed by atoms with Crippen LogP contribution in [0.1, 0.15) is 5.56 Å². The third-order valence-electron chi connectivity index (χ3n) is 12.7. The zero-order valence-electron chi connectivity index (χ0n) is 35.5. The van der Waals surface area contributed by atoms with Gasteiger partial charge in [0.05, 0.1) is 5.69 Å². The number of nitrogens with zero attached hydrogens (tertiary/aromatic N) is 1. The van der Waals surface area contributed by atoms with Crippen LogP contribution in [-0.2, 0) is 0 Å². The van der Waals surface area contributed by atoms with Crippen LogP contribution in [0.5, 0.6) is 0 Å². The van der Waals surface area contributed by atoms with Gasteiger partial charge in [0.15, 0.2) is 0 Å². The van der Waals surface area contributed by atoms with Crippen LogP contribution in [0.15, 0.2) is 252 Å². The van der Waals surface area contributed by atoms with Gasteiger partial charge in [0.1, 0.15) is 22.3 Å². The van der Waals surface area contributed by atoms with Crippen LogP contribution in [0.4, 0.5) is 11.4 Å². The average Bonchev–Trinajstić information content (AvgIpc) is 3.94. The largest absolute Gasteiger partial charge is 0.456 e. The number of furan rings is 2. The van der Waals surface area contributed by atoms with E-state index in [9.17, 15) is 0 Å². The molecule has 0 aliphatic carbocycles. The van der Waals surface area contributed by atoms with Crippen LogP contribution in [0.25, 0.3) is 105 Å². The Morgan fingerprint density at radius 2 is 1.03 bits per heavy atom. The number of rotatable bonds is 9. The van der Waals surface area contributed by atoms with Gasteiger partial charge >= 0.3 is 0 Å². The molecule has 2 aromatic heterocycles. The fourth-order valence-electron chi connectivity index (χ4n) is 9.50. The van der Waals surface area contributed by atoms with Gasteiger partial charge < -0.3 is 13.7 Å². The van der Waals surface area contributed by atoms with Gasteiger partial charge in [0.25, 0.3) is 0 Å². The summed E-state index contributed by atoms with van der Waals surface area (Å²) in [6, 6.07) is 75.2. The van der Waals surface area contributed by atoms with Crippen molar-refractivity contribution in [1.82, 2.24) is 0 Å². The van der Waals surface area contributed by atoms with Crippen LogP contribution >= 0.6 is 0 Å². The predicted octanol–water partition coefficient (Wildman–Crippen LogP) is 17.7. The molecule has 12 rings (SSSR count). The van der Waals surface area contributed by atoms with Gasteiger partial charge in [0.2, 0.25) is 0 Å².